The van der Waals surface area contributed by atoms with E-state index in [1.54, 1.807) is 23.1 Å². The second-order valence-electron chi connectivity index (χ2n) is 4.95. The Kier molecular flexibility index (Phi) is 4.70. The monoisotopic (exact) mass is 328 g/mol. The van der Waals surface area contributed by atoms with Gasteiger partial charge in [0, 0.05) is 23.8 Å². The van der Waals surface area contributed by atoms with Crippen molar-refractivity contribution in [3.8, 4) is 0 Å². The quantitative estimate of drug-likeness (QED) is 0.694. The minimum Gasteiger partial charge on any atom is -0.330 e. The summed E-state index contributed by atoms with van der Waals surface area (Å²) in [6.45, 7) is 4.17. The van der Waals surface area contributed by atoms with Gasteiger partial charge < -0.3 is 5.32 Å². The van der Waals surface area contributed by atoms with E-state index in [4.69, 9.17) is 0 Å². The van der Waals surface area contributed by atoms with Crippen molar-refractivity contribution in [3.05, 3.63) is 59.4 Å². The summed E-state index contributed by atoms with van der Waals surface area (Å²) in [4.78, 5) is 4.17. The van der Waals surface area contributed by atoms with Gasteiger partial charge in [0.1, 0.15) is 0 Å². The van der Waals surface area contributed by atoms with E-state index in [1.807, 2.05) is 30.6 Å². The molecule has 0 amide bonds. The zero-order valence-electron chi connectivity index (χ0n) is 12.4. The molecular formula is C16H16N4S2. The van der Waals surface area contributed by atoms with Gasteiger partial charge in [-0.3, -0.25) is 4.98 Å². The van der Waals surface area contributed by atoms with Gasteiger partial charge in [0.05, 0.1) is 0 Å². The van der Waals surface area contributed by atoms with Crippen LogP contribution in [0.3, 0.4) is 0 Å². The van der Waals surface area contributed by atoms with Crippen LogP contribution < -0.4 is 5.32 Å². The van der Waals surface area contributed by atoms with Gasteiger partial charge in [-0.25, -0.2) is 0 Å². The van der Waals surface area contributed by atoms with E-state index in [0.29, 0.717) is 0 Å². The average Bonchev–Trinajstić information content (AvgIpc) is 2.96. The van der Waals surface area contributed by atoms with E-state index in [9.17, 15) is 0 Å². The Bertz CT molecular complexity index is 753. The lowest BCUT2D eigenvalue weighted by molar-refractivity contribution is 1.01. The maximum absolute atomic E-state index is 4.22. The van der Waals surface area contributed by atoms with E-state index in [0.717, 1.165) is 20.9 Å². The van der Waals surface area contributed by atoms with E-state index >= 15 is 0 Å². The van der Waals surface area contributed by atoms with Crippen molar-refractivity contribution in [1.82, 2.24) is 15.2 Å². The van der Waals surface area contributed by atoms with Gasteiger partial charge in [-0.2, -0.15) is 0 Å². The molecule has 22 heavy (non-hydrogen) atoms. The van der Waals surface area contributed by atoms with Crippen LogP contribution in [0, 0.1) is 13.8 Å². The van der Waals surface area contributed by atoms with Crippen molar-refractivity contribution in [2.45, 2.75) is 23.9 Å². The molecule has 6 heteroatoms. The molecule has 0 saturated heterocycles. The zero-order chi connectivity index (χ0) is 15.4. The SMILES string of the molecule is Cc1ccc(Nc2nnc(SCc3cnccc3C)s2)cc1. The lowest BCUT2D eigenvalue weighted by Gasteiger charge is -2.02. The number of nitrogens with zero attached hydrogens (tertiary/aromatic N) is 3. The molecular weight excluding hydrogens is 312 g/mol. The molecule has 4 nitrogen and oxygen atoms in total. The van der Waals surface area contributed by atoms with E-state index in [2.05, 4.69) is 46.5 Å². The van der Waals surface area contributed by atoms with Gasteiger partial charge in [-0.15, -0.1) is 10.2 Å². The highest BCUT2D eigenvalue weighted by atomic mass is 32.2. The number of nitrogens with one attached hydrogen (secondary N) is 1. The predicted octanol–water partition coefficient (Wildman–Crippen LogP) is 4.59. The molecule has 3 aromatic rings. The fourth-order valence-corrected chi connectivity index (χ4v) is 3.69. The molecule has 0 bridgehead atoms. The highest BCUT2D eigenvalue weighted by molar-refractivity contribution is 8.00. The topological polar surface area (TPSA) is 50.7 Å². The maximum atomic E-state index is 4.22. The molecule has 2 aromatic heterocycles. The molecule has 1 aromatic carbocycles. The first kappa shape index (κ1) is 15.0. The fourth-order valence-electron chi connectivity index (χ4n) is 1.87. The minimum atomic E-state index is 0.814. The maximum Gasteiger partial charge on any atom is 0.210 e. The molecule has 0 aliphatic carbocycles. The summed E-state index contributed by atoms with van der Waals surface area (Å²) < 4.78 is 0.956. The minimum absolute atomic E-state index is 0.814. The summed E-state index contributed by atoms with van der Waals surface area (Å²) in [6, 6.07) is 10.3. The average molecular weight is 328 g/mol. The van der Waals surface area contributed by atoms with Crippen LogP contribution in [0.15, 0.2) is 47.1 Å². The molecule has 0 saturated carbocycles. The largest absolute Gasteiger partial charge is 0.330 e. The van der Waals surface area contributed by atoms with Crippen LogP contribution in [-0.4, -0.2) is 15.2 Å². The third kappa shape index (κ3) is 3.84. The summed E-state index contributed by atoms with van der Waals surface area (Å²) in [6.07, 6.45) is 3.73. The standard InChI is InChI=1S/C16H16N4S2/c1-11-3-5-14(6-4-11)18-15-19-20-16(22-15)21-10-13-9-17-8-7-12(13)2/h3-9H,10H2,1-2H3,(H,18,19). The highest BCUT2D eigenvalue weighted by Gasteiger charge is 2.06. The van der Waals surface area contributed by atoms with Crippen LogP contribution in [-0.2, 0) is 5.75 Å². The summed E-state index contributed by atoms with van der Waals surface area (Å²) in [7, 11) is 0. The van der Waals surface area contributed by atoms with Crippen LogP contribution in [0.1, 0.15) is 16.7 Å². The van der Waals surface area contributed by atoms with Crippen LogP contribution in [0.5, 0.6) is 0 Å². The Morgan fingerprint density at radius 3 is 2.68 bits per heavy atom. The second-order valence-corrected chi connectivity index (χ2v) is 7.15. The lowest BCUT2D eigenvalue weighted by atomic mass is 10.2. The zero-order valence-corrected chi connectivity index (χ0v) is 14.0. The lowest BCUT2D eigenvalue weighted by Crippen LogP contribution is -1.88. The molecule has 0 radical (unpaired) electrons. The number of aryl methyl sites for hydroxylation is 2. The van der Waals surface area contributed by atoms with Crippen molar-refractivity contribution in [3.63, 3.8) is 0 Å². The predicted molar refractivity (Wildman–Crippen MR) is 92.9 cm³/mol. The Balaban J connectivity index is 1.61. The fraction of sp³-hybridized carbons (Fsp3) is 0.188. The summed E-state index contributed by atoms with van der Waals surface area (Å²) >= 11 is 3.25. The molecule has 3 rings (SSSR count). The van der Waals surface area contributed by atoms with Crippen LogP contribution in [0.2, 0.25) is 0 Å². The van der Waals surface area contributed by atoms with Crippen molar-refractivity contribution in [2.75, 3.05) is 5.32 Å². The van der Waals surface area contributed by atoms with E-state index in [1.165, 1.54) is 16.7 Å². The van der Waals surface area contributed by atoms with Gasteiger partial charge in [-0.05, 0) is 43.2 Å². The first-order chi connectivity index (χ1) is 10.7. The first-order valence-corrected chi connectivity index (χ1v) is 8.70. The van der Waals surface area contributed by atoms with Crippen LogP contribution in [0.25, 0.3) is 0 Å². The summed E-state index contributed by atoms with van der Waals surface area (Å²) in [5, 5.41) is 12.5. The Hall–Kier alpha value is -1.92. The van der Waals surface area contributed by atoms with Crippen molar-refractivity contribution >= 4 is 33.9 Å². The molecule has 0 atom stereocenters. The number of hydrogen-bond acceptors (Lipinski definition) is 6. The Morgan fingerprint density at radius 1 is 1.09 bits per heavy atom. The van der Waals surface area contributed by atoms with E-state index < -0.39 is 0 Å². The normalized spacial score (nSPS) is 10.6. The molecule has 2 heterocycles. The molecule has 0 spiro atoms. The number of thioether (sulfide) groups is 1. The summed E-state index contributed by atoms with van der Waals surface area (Å²) in [5.41, 5.74) is 4.76. The van der Waals surface area contributed by atoms with Gasteiger partial charge in [0.2, 0.25) is 5.13 Å². The third-order valence-electron chi connectivity index (χ3n) is 3.21. The first-order valence-electron chi connectivity index (χ1n) is 6.90. The van der Waals surface area contributed by atoms with Gasteiger partial charge in [0.25, 0.3) is 0 Å². The molecule has 0 aliphatic rings. The molecule has 0 fully saturated rings. The number of pyridine rings is 1. The number of anilines is 2. The second kappa shape index (κ2) is 6.89. The Morgan fingerprint density at radius 2 is 1.91 bits per heavy atom. The van der Waals surface area contributed by atoms with Gasteiger partial charge >= 0.3 is 0 Å². The number of benzene rings is 1. The molecule has 0 aliphatic heterocycles. The van der Waals surface area contributed by atoms with Crippen LogP contribution >= 0.6 is 23.1 Å². The number of hydrogen-bond donors (Lipinski definition) is 1. The smallest absolute Gasteiger partial charge is 0.210 e. The number of aromatic nitrogens is 3. The van der Waals surface area contributed by atoms with Crippen LogP contribution in [0.4, 0.5) is 10.8 Å². The van der Waals surface area contributed by atoms with Gasteiger partial charge in [0.15, 0.2) is 4.34 Å². The Labute approximate surface area is 138 Å². The van der Waals surface area contributed by atoms with E-state index in [-0.39, 0.29) is 0 Å². The molecule has 1 N–H and O–H groups in total. The van der Waals surface area contributed by atoms with Crippen molar-refractivity contribution < 1.29 is 0 Å². The molecule has 112 valence electrons. The van der Waals surface area contributed by atoms with Gasteiger partial charge in [-0.1, -0.05) is 40.8 Å². The highest BCUT2D eigenvalue weighted by Crippen LogP contribution is 2.30. The number of rotatable bonds is 5. The molecule has 0 unspecified atom stereocenters. The summed E-state index contributed by atoms with van der Waals surface area (Å²) in [5.74, 6) is 0.860. The van der Waals surface area contributed by atoms with Crippen molar-refractivity contribution in [2.24, 2.45) is 0 Å². The van der Waals surface area contributed by atoms with Crippen molar-refractivity contribution in [1.29, 1.82) is 0 Å². The third-order valence-corrected chi connectivity index (χ3v) is 5.23.